The average Bonchev–Trinajstić information content (AvgIpc) is 3.07. The van der Waals surface area contributed by atoms with Crippen molar-refractivity contribution in [2.45, 2.75) is 40.2 Å². The van der Waals surface area contributed by atoms with Crippen molar-refractivity contribution < 1.29 is 4.39 Å². The molecule has 3 aromatic rings. The van der Waals surface area contributed by atoms with Crippen LogP contribution in [0, 0.1) is 18.7 Å². The maximum absolute atomic E-state index is 14.6. The van der Waals surface area contributed by atoms with Crippen LogP contribution in [-0.4, -0.2) is 24.3 Å². The van der Waals surface area contributed by atoms with E-state index < -0.39 is 0 Å². The van der Waals surface area contributed by atoms with Crippen LogP contribution in [0.3, 0.4) is 0 Å². The Morgan fingerprint density at radius 2 is 2.08 bits per heavy atom. The van der Waals surface area contributed by atoms with Crippen molar-refractivity contribution in [2.24, 2.45) is 5.92 Å². The van der Waals surface area contributed by atoms with E-state index in [9.17, 15) is 4.39 Å². The molecule has 0 saturated heterocycles. The van der Waals surface area contributed by atoms with E-state index in [4.69, 9.17) is 0 Å². The fraction of sp³-hybridized carbons (Fsp3) is 0.389. The van der Waals surface area contributed by atoms with E-state index in [2.05, 4.69) is 28.9 Å². The molecule has 0 unspecified atom stereocenters. The topological polar surface area (TPSA) is 48.5 Å². The van der Waals surface area contributed by atoms with Crippen molar-refractivity contribution in [1.82, 2.24) is 24.3 Å². The largest absolute Gasteiger partial charge is 0.300 e. The Labute approximate surface area is 152 Å². The van der Waals surface area contributed by atoms with Gasteiger partial charge in [0.1, 0.15) is 5.82 Å². The standard InChI is InChI=1S/C18H20FN5.ClH/c1-11(2)7-8-16-21-18-17-13(19)5-4-6-14(17)23-10-20-12(3)15(23)9-24(18)22-16;/h4-6,10-11H,7-9H2,1-3H3;1H. The smallest absolute Gasteiger partial charge is 0.163 e. The maximum atomic E-state index is 14.6. The van der Waals surface area contributed by atoms with Crippen molar-refractivity contribution in [1.29, 1.82) is 0 Å². The summed E-state index contributed by atoms with van der Waals surface area (Å²) in [6.07, 6.45) is 3.57. The number of halogens is 2. The lowest BCUT2D eigenvalue weighted by molar-refractivity contribution is 0.568. The van der Waals surface area contributed by atoms with Gasteiger partial charge in [-0.25, -0.2) is 19.0 Å². The number of benzene rings is 1. The van der Waals surface area contributed by atoms with Crippen LogP contribution >= 0.6 is 12.4 Å². The second-order valence-corrected chi connectivity index (χ2v) is 6.72. The Morgan fingerprint density at radius 1 is 1.28 bits per heavy atom. The highest BCUT2D eigenvalue weighted by molar-refractivity contribution is 5.85. The third-order valence-electron chi connectivity index (χ3n) is 4.51. The molecule has 0 atom stereocenters. The summed E-state index contributed by atoms with van der Waals surface area (Å²) < 4.78 is 18.4. The molecule has 5 nitrogen and oxygen atoms in total. The fourth-order valence-electron chi connectivity index (χ4n) is 3.15. The molecule has 0 saturated carbocycles. The molecule has 4 rings (SSSR count). The van der Waals surface area contributed by atoms with Gasteiger partial charge in [-0.05, 0) is 31.4 Å². The summed E-state index contributed by atoms with van der Waals surface area (Å²) in [4.78, 5) is 9.04. The van der Waals surface area contributed by atoms with E-state index in [1.807, 2.05) is 22.2 Å². The first kappa shape index (κ1) is 17.6. The predicted molar refractivity (Wildman–Crippen MR) is 96.8 cm³/mol. The molecular formula is C18H21ClFN5. The Balaban J connectivity index is 0.00000182. The Bertz CT molecular complexity index is 912. The van der Waals surface area contributed by atoms with E-state index in [0.717, 1.165) is 35.7 Å². The number of aryl methyl sites for hydroxylation is 2. The summed E-state index contributed by atoms with van der Waals surface area (Å²) in [5, 5.41) is 4.64. The SMILES string of the molecule is Cc1ncn2c1Cn1nc(CCC(C)C)nc1-c1c(F)cccc1-2.Cl. The summed E-state index contributed by atoms with van der Waals surface area (Å²) in [7, 11) is 0. The van der Waals surface area contributed by atoms with Gasteiger partial charge in [-0.2, -0.15) is 5.10 Å². The second kappa shape index (κ2) is 6.59. The number of hydrogen-bond acceptors (Lipinski definition) is 3. The lowest BCUT2D eigenvalue weighted by atomic mass is 10.1. The molecule has 0 N–H and O–H groups in total. The molecule has 0 fully saturated rings. The van der Waals surface area contributed by atoms with Crippen LogP contribution in [0.15, 0.2) is 24.5 Å². The van der Waals surface area contributed by atoms with Crippen molar-refractivity contribution in [3.63, 3.8) is 0 Å². The lowest BCUT2D eigenvalue weighted by Crippen LogP contribution is -2.06. The van der Waals surface area contributed by atoms with E-state index in [-0.39, 0.29) is 18.2 Å². The Morgan fingerprint density at radius 3 is 2.84 bits per heavy atom. The van der Waals surface area contributed by atoms with Crippen LogP contribution in [0.5, 0.6) is 0 Å². The number of nitrogens with zero attached hydrogens (tertiary/aromatic N) is 5. The first-order valence-electron chi connectivity index (χ1n) is 8.30. The zero-order valence-electron chi connectivity index (χ0n) is 14.5. The van der Waals surface area contributed by atoms with Gasteiger partial charge in [0.25, 0.3) is 0 Å². The van der Waals surface area contributed by atoms with Gasteiger partial charge >= 0.3 is 0 Å². The van der Waals surface area contributed by atoms with E-state index in [1.165, 1.54) is 6.07 Å². The maximum Gasteiger partial charge on any atom is 0.163 e. The van der Waals surface area contributed by atoms with Gasteiger partial charge in [0.05, 0.1) is 35.5 Å². The Hall–Kier alpha value is -2.21. The molecule has 0 amide bonds. The molecule has 1 aromatic carbocycles. The monoisotopic (exact) mass is 361 g/mol. The molecule has 2 aromatic heterocycles. The molecule has 1 aliphatic rings. The number of rotatable bonds is 3. The van der Waals surface area contributed by atoms with Crippen molar-refractivity contribution in [3.05, 3.63) is 47.6 Å². The number of hydrogen-bond donors (Lipinski definition) is 0. The molecule has 0 bridgehead atoms. The van der Waals surface area contributed by atoms with E-state index in [1.54, 1.807) is 12.4 Å². The van der Waals surface area contributed by atoms with E-state index >= 15 is 0 Å². The van der Waals surface area contributed by atoms with Crippen LogP contribution in [-0.2, 0) is 13.0 Å². The van der Waals surface area contributed by atoms with Crippen molar-refractivity contribution in [3.8, 4) is 17.1 Å². The van der Waals surface area contributed by atoms with Crippen LogP contribution < -0.4 is 0 Å². The van der Waals surface area contributed by atoms with Gasteiger partial charge in [0, 0.05) is 6.42 Å². The number of imidazole rings is 1. The highest BCUT2D eigenvalue weighted by atomic mass is 35.5. The molecular weight excluding hydrogens is 341 g/mol. The van der Waals surface area contributed by atoms with Gasteiger partial charge in [-0.15, -0.1) is 12.4 Å². The van der Waals surface area contributed by atoms with Crippen molar-refractivity contribution >= 4 is 12.4 Å². The van der Waals surface area contributed by atoms with Crippen LogP contribution in [0.25, 0.3) is 17.1 Å². The molecule has 0 spiro atoms. The summed E-state index contributed by atoms with van der Waals surface area (Å²) in [5.74, 6) is 1.68. The fourth-order valence-corrected chi connectivity index (χ4v) is 3.15. The highest BCUT2D eigenvalue weighted by Gasteiger charge is 2.26. The van der Waals surface area contributed by atoms with Crippen molar-refractivity contribution in [2.75, 3.05) is 0 Å². The van der Waals surface area contributed by atoms with Gasteiger partial charge < -0.3 is 4.57 Å². The van der Waals surface area contributed by atoms with Gasteiger partial charge in [-0.3, -0.25) is 0 Å². The average molecular weight is 362 g/mol. The first-order chi connectivity index (χ1) is 11.5. The quantitative estimate of drug-likeness (QED) is 0.555. The summed E-state index contributed by atoms with van der Waals surface area (Å²) >= 11 is 0. The predicted octanol–water partition coefficient (Wildman–Crippen LogP) is 3.95. The molecule has 0 aliphatic carbocycles. The van der Waals surface area contributed by atoms with Gasteiger partial charge in [0.15, 0.2) is 11.6 Å². The summed E-state index contributed by atoms with van der Waals surface area (Å²) in [6, 6.07) is 5.10. The van der Waals surface area contributed by atoms with Crippen LogP contribution in [0.1, 0.15) is 37.5 Å². The first-order valence-corrected chi connectivity index (χ1v) is 8.30. The van der Waals surface area contributed by atoms with Crippen LogP contribution in [0.4, 0.5) is 4.39 Å². The summed E-state index contributed by atoms with van der Waals surface area (Å²) in [6.45, 7) is 6.87. The van der Waals surface area contributed by atoms with Crippen LogP contribution in [0.2, 0.25) is 0 Å². The lowest BCUT2D eigenvalue weighted by Gasteiger charge is -2.09. The Kier molecular flexibility index (Phi) is 4.64. The number of fused-ring (bicyclic) bond motifs is 5. The highest BCUT2D eigenvalue weighted by Crippen LogP contribution is 2.33. The second-order valence-electron chi connectivity index (χ2n) is 6.72. The molecule has 132 valence electrons. The minimum Gasteiger partial charge on any atom is -0.300 e. The minimum atomic E-state index is -0.282. The normalized spacial score (nSPS) is 12.2. The number of aromatic nitrogens is 5. The molecule has 3 heterocycles. The van der Waals surface area contributed by atoms with Gasteiger partial charge in [0.2, 0.25) is 0 Å². The van der Waals surface area contributed by atoms with Gasteiger partial charge in [-0.1, -0.05) is 19.9 Å². The zero-order chi connectivity index (χ0) is 16.8. The summed E-state index contributed by atoms with van der Waals surface area (Å²) in [5.41, 5.74) is 3.21. The third kappa shape index (κ3) is 2.95. The molecule has 1 aliphatic heterocycles. The molecule has 25 heavy (non-hydrogen) atoms. The molecule has 0 radical (unpaired) electrons. The van der Waals surface area contributed by atoms with E-state index in [0.29, 0.717) is 23.9 Å². The third-order valence-corrected chi connectivity index (χ3v) is 4.51. The molecule has 7 heteroatoms. The minimum absolute atomic E-state index is 0. The zero-order valence-corrected chi connectivity index (χ0v) is 15.3.